The standard InChI is InChI=1S/C12H12O2/c1-3-10(2)12(13)14-9-11-7-5-4-6-8-11/h5,7-8H,2-3,9H2,1H3. The molecule has 0 saturated heterocycles. The summed E-state index contributed by atoms with van der Waals surface area (Å²) < 4.78 is 5.01. The van der Waals surface area contributed by atoms with E-state index >= 15 is 0 Å². The molecule has 1 aromatic carbocycles. The highest BCUT2D eigenvalue weighted by molar-refractivity contribution is 5.87. The van der Waals surface area contributed by atoms with Gasteiger partial charge in [-0.05, 0) is 30.2 Å². The van der Waals surface area contributed by atoms with Crippen molar-refractivity contribution in [2.24, 2.45) is 0 Å². The van der Waals surface area contributed by atoms with E-state index in [4.69, 9.17) is 4.74 Å². The lowest BCUT2D eigenvalue weighted by molar-refractivity contribution is -0.140. The molecule has 72 valence electrons. The molecule has 0 aliphatic heterocycles. The van der Waals surface area contributed by atoms with Gasteiger partial charge in [0.1, 0.15) is 6.61 Å². The molecule has 0 bridgehead atoms. The molecule has 1 rings (SSSR count). The SMILES string of the molecule is C=C(CC)C(=O)OCc1cc#ccc1. The maximum absolute atomic E-state index is 11.2. The van der Waals surface area contributed by atoms with Crippen LogP contribution < -0.4 is 0 Å². The summed E-state index contributed by atoms with van der Waals surface area (Å²) >= 11 is 0. The van der Waals surface area contributed by atoms with Gasteiger partial charge in [0.25, 0.3) is 0 Å². The van der Waals surface area contributed by atoms with Gasteiger partial charge in [0.2, 0.25) is 0 Å². The van der Waals surface area contributed by atoms with Gasteiger partial charge in [-0.25, -0.2) is 4.79 Å². The quantitative estimate of drug-likeness (QED) is 0.535. The van der Waals surface area contributed by atoms with Gasteiger partial charge in [-0.3, -0.25) is 0 Å². The summed E-state index contributed by atoms with van der Waals surface area (Å²) in [5.41, 5.74) is 1.40. The van der Waals surface area contributed by atoms with E-state index in [0.717, 1.165) is 5.56 Å². The van der Waals surface area contributed by atoms with Gasteiger partial charge in [0.05, 0.1) is 0 Å². The third kappa shape index (κ3) is 2.95. The molecular weight excluding hydrogens is 176 g/mol. The Morgan fingerprint density at radius 1 is 1.57 bits per heavy atom. The maximum Gasteiger partial charge on any atom is 0.333 e. The van der Waals surface area contributed by atoms with Crippen LogP contribution in [0.2, 0.25) is 0 Å². The van der Waals surface area contributed by atoms with Crippen molar-refractivity contribution in [2.45, 2.75) is 20.0 Å². The lowest BCUT2D eigenvalue weighted by atomic mass is 10.2. The Balaban J connectivity index is 2.42. The maximum atomic E-state index is 11.2. The van der Waals surface area contributed by atoms with E-state index in [0.29, 0.717) is 12.0 Å². The second kappa shape index (κ2) is 5.08. The topological polar surface area (TPSA) is 26.3 Å². The Labute approximate surface area is 84.2 Å². The average molecular weight is 188 g/mol. The third-order valence-corrected chi connectivity index (χ3v) is 1.81. The molecule has 0 saturated carbocycles. The molecule has 1 aromatic rings. The van der Waals surface area contributed by atoms with Gasteiger partial charge >= 0.3 is 5.97 Å². The van der Waals surface area contributed by atoms with E-state index in [1.807, 2.05) is 13.0 Å². The normalized spacial score (nSPS) is 8.93. The van der Waals surface area contributed by atoms with Crippen molar-refractivity contribution in [3.05, 3.63) is 48.0 Å². The minimum atomic E-state index is -0.333. The first-order valence-corrected chi connectivity index (χ1v) is 4.45. The zero-order valence-corrected chi connectivity index (χ0v) is 8.17. The van der Waals surface area contributed by atoms with Gasteiger partial charge in [-0.1, -0.05) is 25.6 Å². The highest BCUT2D eigenvalue weighted by Crippen LogP contribution is 2.03. The smallest absolute Gasteiger partial charge is 0.333 e. The molecular formula is C12H12O2. The van der Waals surface area contributed by atoms with E-state index < -0.39 is 0 Å². The summed E-state index contributed by atoms with van der Waals surface area (Å²) in [7, 11) is 0. The Kier molecular flexibility index (Phi) is 3.75. The van der Waals surface area contributed by atoms with Crippen LogP contribution in [0.25, 0.3) is 0 Å². The molecule has 0 aliphatic carbocycles. The molecule has 0 radical (unpaired) electrons. The van der Waals surface area contributed by atoms with E-state index in [1.54, 1.807) is 12.1 Å². The first kappa shape index (κ1) is 10.3. The minimum absolute atomic E-state index is 0.267. The van der Waals surface area contributed by atoms with E-state index in [9.17, 15) is 4.79 Å². The van der Waals surface area contributed by atoms with Crippen LogP contribution in [0, 0.1) is 12.1 Å². The van der Waals surface area contributed by atoms with Gasteiger partial charge in [0, 0.05) is 5.57 Å². The number of carbonyl (C=O) groups is 1. The summed E-state index contributed by atoms with van der Waals surface area (Å²) in [6.45, 7) is 5.73. The number of hydrogen-bond acceptors (Lipinski definition) is 2. The van der Waals surface area contributed by atoms with Gasteiger partial charge < -0.3 is 4.74 Å². The van der Waals surface area contributed by atoms with Crippen molar-refractivity contribution >= 4 is 5.97 Å². The summed E-state index contributed by atoms with van der Waals surface area (Å²) in [6.07, 6.45) is 0.619. The number of esters is 1. The first-order chi connectivity index (χ1) is 6.74. The van der Waals surface area contributed by atoms with Crippen LogP contribution in [0.1, 0.15) is 18.9 Å². The van der Waals surface area contributed by atoms with Gasteiger partial charge in [-0.15, -0.1) is 0 Å². The fourth-order valence-corrected chi connectivity index (χ4v) is 0.864. The molecule has 0 aliphatic rings. The van der Waals surface area contributed by atoms with Crippen LogP contribution in [0.15, 0.2) is 30.4 Å². The highest BCUT2D eigenvalue weighted by Gasteiger charge is 2.05. The number of carbonyl (C=O) groups excluding carboxylic acids is 1. The van der Waals surface area contributed by atoms with Crippen LogP contribution in [0.4, 0.5) is 0 Å². The fourth-order valence-electron chi connectivity index (χ4n) is 0.864. The molecule has 14 heavy (non-hydrogen) atoms. The third-order valence-electron chi connectivity index (χ3n) is 1.81. The molecule has 0 spiro atoms. The Morgan fingerprint density at radius 2 is 2.36 bits per heavy atom. The van der Waals surface area contributed by atoms with Gasteiger partial charge in [-0.2, -0.15) is 0 Å². The lowest BCUT2D eigenvalue weighted by Crippen LogP contribution is -2.06. The first-order valence-electron chi connectivity index (χ1n) is 4.45. The predicted molar refractivity (Wildman–Crippen MR) is 53.3 cm³/mol. The second-order valence-electron chi connectivity index (χ2n) is 2.87. The Bertz CT molecular complexity index is 314. The van der Waals surface area contributed by atoms with Crippen LogP contribution in [0.3, 0.4) is 0 Å². The molecule has 0 aromatic heterocycles. The Morgan fingerprint density at radius 3 is 2.93 bits per heavy atom. The van der Waals surface area contributed by atoms with Crippen molar-refractivity contribution in [1.29, 1.82) is 0 Å². The summed E-state index contributed by atoms with van der Waals surface area (Å²) in [5.74, 6) is -0.333. The van der Waals surface area contributed by atoms with Crippen molar-refractivity contribution in [1.82, 2.24) is 0 Å². The summed E-state index contributed by atoms with van der Waals surface area (Å²) in [5, 5.41) is 0. The summed E-state index contributed by atoms with van der Waals surface area (Å²) in [6, 6.07) is 10.9. The zero-order valence-electron chi connectivity index (χ0n) is 8.17. The average Bonchev–Trinajstić information content (AvgIpc) is 2.26. The van der Waals surface area contributed by atoms with Crippen LogP contribution in [-0.4, -0.2) is 5.97 Å². The molecule has 0 fully saturated rings. The summed E-state index contributed by atoms with van der Waals surface area (Å²) in [4.78, 5) is 11.2. The van der Waals surface area contributed by atoms with Crippen LogP contribution >= 0.6 is 0 Å². The number of ether oxygens (including phenoxy) is 1. The van der Waals surface area contributed by atoms with E-state index in [-0.39, 0.29) is 12.6 Å². The van der Waals surface area contributed by atoms with E-state index in [1.165, 1.54) is 0 Å². The molecule has 0 amide bonds. The Hall–Kier alpha value is -1.75. The van der Waals surface area contributed by atoms with Crippen molar-refractivity contribution in [3.8, 4) is 0 Å². The molecule has 2 nitrogen and oxygen atoms in total. The lowest BCUT2D eigenvalue weighted by Gasteiger charge is -2.04. The molecule has 0 N–H and O–H groups in total. The fraction of sp³-hybridized carbons (Fsp3) is 0.250. The molecule has 2 heteroatoms. The minimum Gasteiger partial charge on any atom is -0.457 e. The zero-order chi connectivity index (χ0) is 10.4. The number of hydrogen-bond donors (Lipinski definition) is 0. The molecule has 0 atom stereocenters. The van der Waals surface area contributed by atoms with Crippen LogP contribution in [-0.2, 0) is 16.1 Å². The van der Waals surface area contributed by atoms with Crippen LogP contribution in [0.5, 0.6) is 0 Å². The predicted octanol–water partition coefficient (Wildman–Crippen LogP) is 2.30. The van der Waals surface area contributed by atoms with Crippen molar-refractivity contribution in [2.75, 3.05) is 0 Å². The monoisotopic (exact) mass is 188 g/mol. The molecule has 0 unspecified atom stereocenters. The van der Waals surface area contributed by atoms with Gasteiger partial charge in [0.15, 0.2) is 0 Å². The van der Waals surface area contributed by atoms with Crippen molar-refractivity contribution in [3.63, 3.8) is 0 Å². The number of rotatable bonds is 4. The second-order valence-corrected chi connectivity index (χ2v) is 2.87. The molecule has 0 heterocycles. The highest BCUT2D eigenvalue weighted by atomic mass is 16.5. The van der Waals surface area contributed by atoms with E-state index in [2.05, 4.69) is 18.7 Å². The van der Waals surface area contributed by atoms with Crippen molar-refractivity contribution < 1.29 is 9.53 Å². The largest absolute Gasteiger partial charge is 0.457 e.